The Morgan fingerprint density at radius 1 is 1.04 bits per heavy atom. The van der Waals surface area contributed by atoms with Crippen LogP contribution in [0.3, 0.4) is 0 Å². The number of benzene rings is 2. The molecular weight excluding hydrogens is 466 g/mol. The van der Waals surface area contributed by atoms with Gasteiger partial charge in [0.15, 0.2) is 0 Å². The van der Waals surface area contributed by atoms with Crippen molar-refractivity contribution in [3.63, 3.8) is 0 Å². The summed E-state index contributed by atoms with van der Waals surface area (Å²) >= 11 is 9.55. The number of anilines is 1. The zero-order valence-corrected chi connectivity index (χ0v) is 18.3. The summed E-state index contributed by atoms with van der Waals surface area (Å²) in [6.07, 6.45) is 0. The monoisotopic (exact) mass is 485 g/mol. The van der Waals surface area contributed by atoms with Gasteiger partial charge in [-0.2, -0.15) is 4.31 Å². The van der Waals surface area contributed by atoms with Gasteiger partial charge in [0.1, 0.15) is 0 Å². The van der Waals surface area contributed by atoms with E-state index in [0.717, 1.165) is 5.69 Å². The van der Waals surface area contributed by atoms with Gasteiger partial charge in [0.25, 0.3) is 5.91 Å². The number of para-hydroxylation sites is 1. The van der Waals surface area contributed by atoms with Crippen molar-refractivity contribution in [3.8, 4) is 0 Å². The average molecular weight is 487 g/mol. The molecule has 6 nitrogen and oxygen atoms in total. The molecule has 150 valence electrons. The van der Waals surface area contributed by atoms with Crippen LogP contribution < -0.4 is 10.2 Å². The van der Waals surface area contributed by atoms with E-state index in [4.69, 9.17) is 11.6 Å². The van der Waals surface area contributed by atoms with Crippen molar-refractivity contribution in [3.05, 3.63) is 63.6 Å². The SMILES string of the molecule is O=C(NCCS(=O)(=O)N1CCN(c2ccccc2Cl)CC1)c1ccccc1Br. The van der Waals surface area contributed by atoms with E-state index in [0.29, 0.717) is 41.2 Å². The summed E-state index contributed by atoms with van der Waals surface area (Å²) in [5.41, 5.74) is 1.40. The fraction of sp³-hybridized carbons (Fsp3) is 0.316. The molecule has 0 radical (unpaired) electrons. The number of amides is 1. The second-order valence-corrected chi connectivity index (χ2v) is 9.74. The van der Waals surface area contributed by atoms with Gasteiger partial charge in [-0.25, -0.2) is 8.42 Å². The van der Waals surface area contributed by atoms with E-state index in [1.54, 1.807) is 18.2 Å². The number of hydrogen-bond donors (Lipinski definition) is 1. The Morgan fingerprint density at radius 2 is 1.68 bits per heavy atom. The molecule has 2 aromatic rings. The predicted molar refractivity (Wildman–Crippen MR) is 116 cm³/mol. The van der Waals surface area contributed by atoms with E-state index >= 15 is 0 Å². The van der Waals surface area contributed by atoms with Gasteiger partial charge >= 0.3 is 0 Å². The highest BCUT2D eigenvalue weighted by atomic mass is 79.9. The largest absolute Gasteiger partial charge is 0.368 e. The zero-order chi connectivity index (χ0) is 20.1. The maximum atomic E-state index is 12.6. The van der Waals surface area contributed by atoms with Gasteiger partial charge in [-0.3, -0.25) is 4.79 Å². The number of carbonyl (C=O) groups excluding carboxylic acids is 1. The van der Waals surface area contributed by atoms with E-state index in [1.807, 2.05) is 30.3 Å². The summed E-state index contributed by atoms with van der Waals surface area (Å²) in [6, 6.07) is 14.6. The normalized spacial score (nSPS) is 15.4. The molecule has 0 saturated carbocycles. The van der Waals surface area contributed by atoms with Crippen molar-refractivity contribution in [1.29, 1.82) is 0 Å². The molecule has 0 aliphatic carbocycles. The van der Waals surface area contributed by atoms with Gasteiger partial charge in [-0.05, 0) is 40.2 Å². The van der Waals surface area contributed by atoms with Crippen LogP contribution in [0.2, 0.25) is 5.02 Å². The second kappa shape index (κ2) is 9.26. The molecule has 1 aliphatic rings. The van der Waals surface area contributed by atoms with Crippen LogP contribution in [0.4, 0.5) is 5.69 Å². The Labute approximate surface area is 178 Å². The molecular formula is C19H21BrClN3O3S. The molecule has 0 unspecified atom stereocenters. The van der Waals surface area contributed by atoms with Crippen molar-refractivity contribution in [1.82, 2.24) is 9.62 Å². The Balaban J connectivity index is 1.51. The maximum absolute atomic E-state index is 12.6. The summed E-state index contributed by atoms with van der Waals surface area (Å²) in [5, 5.41) is 3.34. The van der Waals surface area contributed by atoms with Crippen molar-refractivity contribution in [2.45, 2.75) is 0 Å². The number of piperazine rings is 1. The highest BCUT2D eigenvalue weighted by Gasteiger charge is 2.27. The topological polar surface area (TPSA) is 69.7 Å². The first-order valence-corrected chi connectivity index (χ1v) is 11.7. The average Bonchev–Trinajstić information content (AvgIpc) is 2.68. The fourth-order valence-electron chi connectivity index (χ4n) is 3.08. The number of rotatable bonds is 6. The summed E-state index contributed by atoms with van der Waals surface area (Å²) in [5.74, 6) is -0.429. The first-order valence-electron chi connectivity index (χ1n) is 8.88. The lowest BCUT2D eigenvalue weighted by molar-refractivity contribution is 0.0955. The molecule has 0 aromatic heterocycles. The highest BCUT2D eigenvalue weighted by molar-refractivity contribution is 9.10. The first-order chi connectivity index (χ1) is 13.4. The molecule has 1 aliphatic heterocycles. The Hall–Kier alpha value is -1.61. The van der Waals surface area contributed by atoms with Crippen LogP contribution in [-0.2, 0) is 10.0 Å². The minimum Gasteiger partial charge on any atom is -0.368 e. The number of nitrogens with zero attached hydrogens (tertiary/aromatic N) is 2. The van der Waals surface area contributed by atoms with Gasteiger partial charge in [0.2, 0.25) is 10.0 Å². The third-order valence-corrected chi connectivity index (χ3v) is 7.47. The third-order valence-electron chi connectivity index (χ3n) is 4.59. The van der Waals surface area contributed by atoms with Crippen molar-refractivity contribution < 1.29 is 13.2 Å². The maximum Gasteiger partial charge on any atom is 0.252 e. The standard InChI is InChI=1S/C19H21BrClN3O3S/c20-16-6-2-1-5-15(16)19(25)22-9-14-28(26,27)24-12-10-23(11-13-24)18-8-4-3-7-17(18)21/h1-8H,9-14H2,(H,22,25). The lowest BCUT2D eigenvalue weighted by Gasteiger charge is -2.35. The molecule has 1 N–H and O–H groups in total. The number of hydrogen-bond acceptors (Lipinski definition) is 4. The predicted octanol–water partition coefficient (Wildman–Crippen LogP) is 2.98. The lowest BCUT2D eigenvalue weighted by atomic mass is 10.2. The highest BCUT2D eigenvalue weighted by Crippen LogP contribution is 2.26. The summed E-state index contributed by atoms with van der Waals surface area (Å²) in [6.45, 7) is 2.00. The molecule has 1 heterocycles. The smallest absolute Gasteiger partial charge is 0.252 e. The van der Waals surface area contributed by atoms with Gasteiger partial charge < -0.3 is 10.2 Å². The third kappa shape index (κ3) is 5.05. The minimum absolute atomic E-state index is 0.0627. The van der Waals surface area contributed by atoms with Crippen LogP contribution >= 0.6 is 27.5 Å². The number of nitrogens with one attached hydrogen (secondary N) is 1. The molecule has 2 aromatic carbocycles. The Kier molecular flexibility index (Phi) is 6.98. The van der Waals surface area contributed by atoms with E-state index in [9.17, 15) is 13.2 Å². The van der Waals surface area contributed by atoms with Gasteiger partial charge in [-0.1, -0.05) is 35.9 Å². The molecule has 0 spiro atoms. The minimum atomic E-state index is -3.44. The number of halogens is 2. The van der Waals surface area contributed by atoms with E-state index in [1.165, 1.54) is 4.31 Å². The van der Waals surface area contributed by atoms with Crippen molar-refractivity contribution in [2.24, 2.45) is 0 Å². The Morgan fingerprint density at radius 3 is 2.36 bits per heavy atom. The van der Waals surface area contributed by atoms with Gasteiger partial charge in [-0.15, -0.1) is 0 Å². The molecule has 3 rings (SSSR count). The zero-order valence-electron chi connectivity index (χ0n) is 15.1. The van der Waals surface area contributed by atoms with Crippen LogP contribution in [0.5, 0.6) is 0 Å². The molecule has 1 amide bonds. The van der Waals surface area contributed by atoms with Crippen LogP contribution in [0.25, 0.3) is 0 Å². The van der Waals surface area contributed by atoms with Gasteiger partial charge in [0.05, 0.1) is 22.0 Å². The van der Waals surface area contributed by atoms with Crippen LogP contribution in [0, 0.1) is 0 Å². The molecule has 0 atom stereocenters. The molecule has 0 bridgehead atoms. The molecule has 1 fully saturated rings. The molecule has 1 saturated heterocycles. The summed E-state index contributed by atoms with van der Waals surface area (Å²) in [7, 11) is -3.44. The lowest BCUT2D eigenvalue weighted by Crippen LogP contribution is -2.50. The summed E-state index contributed by atoms with van der Waals surface area (Å²) in [4.78, 5) is 14.3. The fourth-order valence-corrected chi connectivity index (χ4v) is 5.14. The van der Waals surface area contributed by atoms with Crippen LogP contribution in [-0.4, -0.2) is 57.1 Å². The first kappa shape index (κ1) is 21.1. The van der Waals surface area contributed by atoms with Crippen LogP contribution in [0.1, 0.15) is 10.4 Å². The van der Waals surface area contributed by atoms with E-state index < -0.39 is 10.0 Å². The summed E-state index contributed by atoms with van der Waals surface area (Å²) < 4.78 is 27.4. The number of carbonyl (C=O) groups is 1. The quantitative estimate of drug-likeness (QED) is 0.681. The molecule has 28 heavy (non-hydrogen) atoms. The van der Waals surface area contributed by atoms with E-state index in [-0.39, 0.29) is 18.2 Å². The van der Waals surface area contributed by atoms with Crippen LogP contribution in [0.15, 0.2) is 53.0 Å². The van der Waals surface area contributed by atoms with Crippen molar-refractivity contribution >= 4 is 49.1 Å². The Bertz CT molecular complexity index is 947. The molecule has 9 heteroatoms. The number of sulfonamides is 1. The van der Waals surface area contributed by atoms with Gasteiger partial charge in [0, 0.05) is 37.2 Å². The van der Waals surface area contributed by atoms with E-state index in [2.05, 4.69) is 26.1 Å². The van der Waals surface area contributed by atoms with Crippen molar-refractivity contribution in [2.75, 3.05) is 43.4 Å². The second-order valence-electron chi connectivity index (χ2n) is 6.39.